The first-order chi connectivity index (χ1) is 4.79. The van der Waals surface area contributed by atoms with Gasteiger partial charge in [0.2, 0.25) is 0 Å². The molecule has 54 valence electrons. The zero-order valence-electron chi connectivity index (χ0n) is 5.90. The van der Waals surface area contributed by atoms with Crippen LogP contribution in [0, 0.1) is 6.92 Å². The molecule has 0 radical (unpaired) electrons. The number of hydrogen-bond donors (Lipinski definition) is 2. The molecular formula is C7H10N2O. The molecule has 1 aliphatic rings. The minimum Gasteiger partial charge on any atom is -0.302 e. The van der Waals surface area contributed by atoms with Crippen LogP contribution in [0.1, 0.15) is 30.0 Å². The predicted molar refractivity (Wildman–Crippen MR) is 38.1 cm³/mol. The van der Waals surface area contributed by atoms with Gasteiger partial charge >= 0.3 is 0 Å². The van der Waals surface area contributed by atoms with Gasteiger partial charge in [0.1, 0.15) is 0 Å². The molecule has 1 aliphatic carbocycles. The fourth-order valence-electron chi connectivity index (χ4n) is 1.21. The van der Waals surface area contributed by atoms with Crippen molar-refractivity contribution in [2.75, 3.05) is 0 Å². The molecule has 0 unspecified atom stereocenters. The molecule has 1 saturated carbocycles. The Bertz CT molecular complexity index is 293. The predicted octanol–water partition coefficient (Wildman–Crippen LogP) is 0.889. The topological polar surface area (TPSA) is 48.6 Å². The van der Waals surface area contributed by atoms with Crippen molar-refractivity contribution in [3.8, 4) is 0 Å². The van der Waals surface area contributed by atoms with E-state index in [1.807, 2.05) is 6.92 Å². The standard InChI is InChI=1S/C7H10N2O/c1-4-6(5-2-3-5)8-9-7(4)10/h5H,2-3H2,1H3,(H2,8,9,10). The normalized spacial score (nSPS) is 17.7. The summed E-state index contributed by atoms with van der Waals surface area (Å²) >= 11 is 0. The quantitative estimate of drug-likeness (QED) is 0.594. The molecule has 0 saturated heterocycles. The maximum Gasteiger partial charge on any atom is 0.267 e. The third-order valence-electron chi connectivity index (χ3n) is 2.04. The van der Waals surface area contributed by atoms with Gasteiger partial charge in [-0.2, -0.15) is 0 Å². The van der Waals surface area contributed by atoms with E-state index in [1.54, 1.807) is 0 Å². The van der Waals surface area contributed by atoms with E-state index in [0.717, 1.165) is 11.3 Å². The molecule has 3 nitrogen and oxygen atoms in total. The van der Waals surface area contributed by atoms with Crippen LogP contribution in [0.5, 0.6) is 0 Å². The van der Waals surface area contributed by atoms with Gasteiger partial charge < -0.3 is 5.10 Å². The molecule has 0 spiro atoms. The molecule has 2 N–H and O–H groups in total. The Hall–Kier alpha value is -0.990. The summed E-state index contributed by atoms with van der Waals surface area (Å²) in [4.78, 5) is 10.9. The molecule has 0 amide bonds. The van der Waals surface area contributed by atoms with Crippen LogP contribution in [-0.2, 0) is 0 Å². The second-order valence-electron chi connectivity index (χ2n) is 2.89. The smallest absolute Gasteiger partial charge is 0.267 e. The van der Waals surface area contributed by atoms with Crippen LogP contribution < -0.4 is 5.56 Å². The van der Waals surface area contributed by atoms with Crippen molar-refractivity contribution >= 4 is 0 Å². The van der Waals surface area contributed by atoms with Crippen LogP contribution in [0.2, 0.25) is 0 Å². The van der Waals surface area contributed by atoms with Gasteiger partial charge in [-0.05, 0) is 19.8 Å². The van der Waals surface area contributed by atoms with Crippen molar-refractivity contribution < 1.29 is 0 Å². The van der Waals surface area contributed by atoms with Gasteiger partial charge in [0.15, 0.2) is 0 Å². The highest BCUT2D eigenvalue weighted by molar-refractivity contribution is 5.22. The highest BCUT2D eigenvalue weighted by Gasteiger charge is 2.27. The lowest BCUT2D eigenvalue weighted by molar-refractivity contribution is 0.952. The molecule has 1 aromatic heterocycles. The summed E-state index contributed by atoms with van der Waals surface area (Å²) in [5, 5.41) is 5.48. The zero-order chi connectivity index (χ0) is 7.14. The van der Waals surface area contributed by atoms with Crippen LogP contribution in [0.3, 0.4) is 0 Å². The fraction of sp³-hybridized carbons (Fsp3) is 0.571. The Labute approximate surface area is 58.4 Å². The number of aromatic amines is 2. The van der Waals surface area contributed by atoms with Gasteiger partial charge in [0.25, 0.3) is 5.56 Å². The molecule has 3 heteroatoms. The molecule has 0 bridgehead atoms. The van der Waals surface area contributed by atoms with E-state index in [0.29, 0.717) is 5.92 Å². The van der Waals surface area contributed by atoms with Crippen molar-refractivity contribution in [3.63, 3.8) is 0 Å². The SMILES string of the molecule is Cc1c(C2CC2)[nH][nH]c1=O. The first-order valence-electron chi connectivity index (χ1n) is 3.56. The third-order valence-corrected chi connectivity index (χ3v) is 2.04. The molecule has 1 heterocycles. The molecule has 1 aromatic rings. The van der Waals surface area contributed by atoms with Gasteiger partial charge in [-0.3, -0.25) is 9.89 Å². The lowest BCUT2D eigenvalue weighted by atomic mass is 10.2. The van der Waals surface area contributed by atoms with Crippen LogP contribution >= 0.6 is 0 Å². The Balaban J connectivity index is 2.49. The average molecular weight is 138 g/mol. The van der Waals surface area contributed by atoms with E-state index in [9.17, 15) is 4.79 Å². The van der Waals surface area contributed by atoms with E-state index < -0.39 is 0 Å². The van der Waals surface area contributed by atoms with Crippen LogP contribution in [-0.4, -0.2) is 10.2 Å². The second-order valence-corrected chi connectivity index (χ2v) is 2.89. The van der Waals surface area contributed by atoms with Crippen molar-refractivity contribution in [1.29, 1.82) is 0 Å². The molecule has 2 rings (SSSR count). The van der Waals surface area contributed by atoms with Crippen molar-refractivity contribution in [3.05, 3.63) is 21.6 Å². The first kappa shape index (κ1) is 5.77. The number of rotatable bonds is 1. The number of H-pyrrole nitrogens is 2. The highest BCUT2D eigenvalue weighted by Crippen LogP contribution is 2.39. The van der Waals surface area contributed by atoms with Crippen LogP contribution in [0.25, 0.3) is 0 Å². The van der Waals surface area contributed by atoms with Gasteiger partial charge in [0, 0.05) is 17.2 Å². The minimum atomic E-state index is 0.0295. The number of nitrogens with one attached hydrogen (secondary N) is 2. The highest BCUT2D eigenvalue weighted by atomic mass is 16.1. The van der Waals surface area contributed by atoms with Crippen molar-refractivity contribution in [2.24, 2.45) is 0 Å². The lowest BCUT2D eigenvalue weighted by Crippen LogP contribution is -2.01. The summed E-state index contributed by atoms with van der Waals surface area (Å²) in [6.07, 6.45) is 2.46. The van der Waals surface area contributed by atoms with Crippen molar-refractivity contribution in [2.45, 2.75) is 25.7 Å². The third kappa shape index (κ3) is 0.701. The number of hydrogen-bond acceptors (Lipinski definition) is 1. The maximum atomic E-state index is 10.9. The molecule has 0 aliphatic heterocycles. The fourth-order valence-corrected chi connectivity index (χ4v) is 1.21. The van der Waals surface area contributed by atoms with Crippen LogP contribution in [0.15, 0.2) is 4.79 Å². The zero-order valence-corrected chi connectivity index (χ0v) is 5.90. The van der Waals surface area contributed by atoms with Crippen molar-refractivity contribution in [1.82, 2.24) is 10.2 Å². The first-order valence-corrected chi connectivity index (χ1v) is 3.56. The summed E-state index contributed by atoms with van der Waals surface area (Å²) in [5.41, 5.74) is 2.01. The summed E-state index contributed by atoms with van der Waals surface area (Å²) in [6.45, 7) is 1.86. The Morgan fingerprint density at radius 1 is 1.40 bits per heavy atom. The molecule has 0 aromatic carbocycles. The van der Waals surface area contributed by atoms with Gasteiger partial charge in [-0.1, -0.05) is 0 Å². The second kappa shape index (κ2) is 1.75. The van der Waals surface area contributed by atoms with Gasteiger partial charge in [-0.15, -0.1) is 0 Å². The van der Waals surface area contributed by atoms with Gasteiger partial charge in [-0.25, -0.2) is 0 Å². The molecule has 10 heavy (non-hydrogen) atoms. The maximum absolute atomic E-state index is 10.9. The lowest BCUT2D eigenvalue weighted by Gasteiger charge is -1.89. The Kier molecular flexibility index (Phi) is 1.01. The largest absolute Gasteiger partial charge is 0.302 e. The van der Waals surface area contributed by atoms with Gasteiger partial charge in [0.05, 0.1) is 0 Å². The Morgan fingerprint density at radius 2 is 2.10 bits per heavy atom. The average Bonchev–Trinajstić information content (AvgIpc) is 2.67. The minimum absolute atomic E-state index is 0.0295. The summed E-state index contributed by atoms with van der Waals surface area (Å²) in [6, 6.07) is 0. The van der Waals surface area contributed by atoms with E-state index in [-0.39, 0.29) is 5.56 Å². The van der Waals surface area contributed by atoms with E-state index >= 15 is 0 Å². The molecule has 1 fully saturated rings. The monoisotopic (exact) mass is 138 g/mol. The molecular weight excluding hydrogens is 128 g/mol. The Morgan fingerprint density at radius 3 is 2.50 bits per heavy atom. The summed E-state index contributed by atoms with van der Waals surface area (Å²) < 4.78 is 0. The van der Waals surface area contributed by atoms with E-state index in [4.69, 9.17) is 0 Å². The molecule has 0 atom stereocenters. The van der Waals surface area contributed by atoms with E-state index in [2.05, 4.69) is 10.2 Å². The van der Waals surface area contributed by atoms with E-state index in [1.165, 1.54) is 12.8 Å². The summed E-state index contributed by atoms with van der Waals surface area (Å²) in [7, 11) is 0. The van der Waals surface area contributed by atoms with Crippen LogP contribution in [0.4, 0.5) is 0 Å². The number of aromatic nitrogens is 2. The summed E-state index contributed by atoms with van der Waals surface area (Å²) in [5.74, 6) is 0.638.